The predicted octanol–water partition coefficient (Wildman–Crippen LogP) is 2.58. The molecule has 2 aromatic rings. The number of carbonyl (C=O) groups excluding carboxylic acids is 2. The zero-order chi connectivity index (χ0) is 26.7. The van der Waals surface area contributed by atoms with Gasteiger partial charge in [0.25, 0.3) is 11.8 Å². The van der Waals surface area contributed by atoms with Crippen molar-refractivity contribution in [3.8, 4) is 35.1 Å². The van der Waals surface area contributed by atoms with Gasteiger partial charge in [-0.1, -0.05) is 12.1 Å². The Hall–Kier alpha value is -4.80. The van der Waals surface area contributed by atoms with Crippen molar-refractivity contribution in [3.63, 3.8) is 0 Å². The summed E-state index contributed by atoms with van der Waals surface area (Å²) < 4.78 is 20.8. The van der Waals surface area contributed by atoms with Gasteiger partial charge in [0.1, 0.15) is 23.3 Å². The molecule has 2 rings (SSSR count). The topological polar surface area (TPSA) is 142 Å². The number of nitriles is 2. The maximum atomic E-state index is 13.1. The van der Waals surface area contributed by atoms with Crippen molar-refractivity contribution in [2.24, 2.45) is 0 Å². The minimum Gasteiger partial charge on any atom is -0.493 e. The van der Waals surface area contributed by atoms with Crippen LogP contribution >= 0.6 is 0 Å². The van der Waals surface area contributed by atoms with Crippen molar-refractivity contribution in [2.45, 2.75) is 0 Å². The molecule has 10 nitrogen and oxygen atoms in total. The zero-order valence-corrected chi connectivity index (χ0v) is 20.3. The van der Waals surface area contributed by atoms with E-state index in [2.05, 4.69) is 0 Å². The molecule has 0 aliphatic rings. The van der Waals surface area contributed by atoms with Gasteiger partial charge in [-0.3, -0.25) is 14.5 Å². The Morgan fingerprint density at radius 3 is 1.47 bits per heavy atom. The minimum atomic E-state index is -0.972. The van der Waals surface area contributed by atoms with Gasteiger partial charge in [0, 0.05) is 0 Å². The van der Waals surface area contributed by atoms with Crippen LogP contribution in [0, 0.1) is 22.7 Å². The Balaban J connectivity index is 2.44. The molecule has 0 atom stereocenters. The molecule has 186 valence electrons. The van der Waals surface area contributed by atoms with Gasteiger partial charge in [0.2, 0.25) is 0 Å². The van der Waals surface area contributed by atoms with Gasteiger partial charge >= 0.3 is 0 Å². The summed E-state index contributed by atoms with van der Waals surface area (Å²) in [6.45, 7) is -0.991. The van der Waals surface area contributed by atoms with Gasteiger partial charge in [-0.05, 0) is 47.5 Å². The fourth-order valence-corrected chi connectivity index (χ4v) is 3.19. The summed E-state index contributed by atoms with van der Waals surface area (Å²) >= 11 is 0. The highest BCUT2D eigenvalue weighted by molar-refractivity contribution is 6.15. The summed E-state index contributed by atoms with van der Waals surface area (Å²) in [4.78, 5) is 26.9. The number of ether oxygens (including phenoxy) is 4. The molecule has 0 saturated heterocycles. The van der Waals surface area contributed by atoms with E-state index in [-0.39, 0.29) is 11.1 Å². The fourth-order valence-electron chi connectivity index (χ4n) is 3.19. The Morgan fingerprint density at radius 1 is 0.778 bits per heavy atom. The lowest BCUT2D eigenvalue weighted by Crippen LogP contribution is -2.40. The van der Waals surface area contributed by atoms with Crippen LogP contribution in [-0.2, 0) is 9.59 Å². The van der Waals surface area contributed by atoms with Crippen LogP contribution in [0.5, 0.6) is 23.0 Å². The summed E-state index contributed by atoms with van der Waals surface area (Å²) in [6.07, 6.45) is 2.54. The molecular formula is C26H25N3O7. The number of amides is 2. The van der Waals surface area contributed by atoms with E-state index >= 15 is 0 Å². The van der Waals surface area contributed by atoms with Crippen LogP contribution in [-0.4, -0.2) is 63.4 Å². The first-order valence-corrected chi connectivity index (χ1v) is 10.5. The van der Waals surface area contributed by atoms with Gasteiger partial charge in [-0.25, -0.2) is 0 Å². The second kappa shape index (κ2) is 13.2. The maximum Gasteiger partial charge on any atom is 0.271 e. The number of aliphatic hydroxyl groups excluding tert-OH is 1. The molecule has 2 aromatic carbocycles. The van der Waals surface area contributed by atoms with Gasteiger partial charge < -0.3 is 24.1 Å². The SMILES string of the molecule is COc1ccc(/C=C(/C#N)C(=O)N(CCO)C(=O)/C(C#N)=C/c2ccc(OC)c(OC)c2)cc1OC. The Bertz CT molecular complexity index is 1170. The molecule has 10 heteroatoms. The molecule has 0 saturated carbocycles. The number of rotatable bonds is 10. The van der Waals surface area contributed by atoms with Crippen LogP contribution in [0.2, 0.25) is 0 Å². The van der Waals surface area contributed by atoms with Crippen LogP contribution in [0.25, 0.3) is 12.2 Å². The number of methoxy groups -OCH3 is 4. The third kappa shape index (κ3) is 6.41. The first kappa shape index (κ1) is 27.4. The van der Waals surface area contributed by atoms with Crippen molar-refractivity contribution >= 4 is 24.0 Å². The van der Waals surface area contributed by atoms with E-state index in [0.29, 0.717) is 39.0 Å². The van der Waals surface area contributed by atoms with Crippen molar-refractivity contribution in [1.82, 2.24) is 4.90 Å². The second-order valence-corrected chi connectivity index (χ2v) is 7.05. The molecule has 0 aliphatic heterocycles. The average Bonchev–Trinajstić information content (AvgIpc) is 2.92. The van der Waals surface area contributed by atoms with E-state index in [4.69, 9.17) is 18.9 Å². The molecule has 1 N–H and O–H groups in total. The number of hydrogen-bond donors (Lipinski definition) is 1. The second-order valence-electron chi connectivity index (χ2n) is 7.05. The summed E-state index contributed by atoms with van der Waals surface area (Å²) in [7, 11) is 5.83. The Labute approximate surface area is 208 Å². The first-order valence-electron chi connectivity index (χ1n) is 10.5. The molecule has 0 fully saturated rings. The molecule has 0 aromatic heterocycles. The number of carbonyl (C=O) groups is 2. The predicted molar refractivity (Wildman–Crippen MR) is 130 cm³/mol. The van der Waals surface area contributed by atoms with E-state index in [1.54, 1.807) is 48.5 Å². The third-order valence-electron chi connectivity index (χ3n) is 4.95. The largest absolute Gasteiger partial charge is 0.493 e. The number of benzene rings is 2. The van der Waals surface area contributed by atoms with Crippen LogP contribution in [0.15, 0.2) is 47.5 Å². The highest BCUT2D eigenvalue weighted by atomic mass is 16.5. The van der Waals surface area contributed by atoms with Gasteiger partial charge in [-0.15, -0.1) is 0 Å². The smallest absolute Gasteiger partial charge is 0.271 e. The number of aliphatic hydroxyl groups is 1. The molecule has 0 bridgehead atoms. The van der Waals surface area contributed by atoms with Crippen molar-refractivity contribution in [1.29, 1.82) is 10.5 Å². The standard InChI is InChI=1S/C26H25N3O7/c1-33-21-7-5-17(13-23(21)35-3)11-19(15-27)25(31)29(9-10-30)26(32)20(16-28)12-18-6-8-22(34-2)24(14-18)36-4/h5-8,11-14,30H,9-10H2,1-4H3/b19-11-,20-12+. The van der Waals surface area contributed by atoms with E-state index < -0.39 is 25.0 Å². The quantitative estimate of drug-likeness (QED) is 0.392. The van der Waals surface area contributed by atoms with E-state index in [1.807, 2.05) is 0 Å². The lowest BCUT2D eigenvalue weighted by atomic mass is 10.1. The minimum absolute atomic E-state index is 0.379. The van der Waals surface area contributed by atoms with Crippen LogP contribution in [0.1, 0.15) is 11.1 Å². The number of nitrogens with zero attached hydrogens (tertiary/aromatic N) is 3. The van der Waals surface area contributed by atoms with Crippen LogP contribution < -0.4 is 18.9 Å². The molecule has 0 spiro atoms. The lowest BCUT2D eigenvalue weighted by Gasteiger charge is -2.19. The first-order chi connectivity index (χ1) is 17.4. The summed E-state index contributed by atoms with van der Waals surface area (Å²) in [5.41, 5.74) is 0.116. The highest BCUT2D eigenvalue weighted by Gasteiger charge is 2.27. The summed E-state index contributed by atoms with van der Waals surface area (Å²) in [5, 5.41) is 28.7. The Morgan fingerprint density at radius 2 is 1.17 bits per heavy atom. The highest BCUT2D eigenvalue weighted by Crippen LogP contribution is 2.29. The molecule has 2 amide bonds. The fraction of sp³-hybridized carbons (Fsp3) is 0.231. The molecule has 0 unspecified atom stereocenters. The van der Waals surface area contributed by atoms with Crippen LogP contribution in [0.4, 0.5) is 0 Å². The third-order valence-corrected chi connectivity index (χ3v) is 4.95. The molecule has 36 heavy (non-hydrogen) atoms. The monoisotopic (exact) mass is 491 g/mol. The molecule has 0 aliphatic carbocycles. The number of hydrogen-bond acceptors (Lipinski definition) is 9. The van der Waals surface area contributed by atoms with Gasteiger partial charge in [0.15, 0.2) is 23.0 Å². The average molecular weight is 492 g/mol. The summed E-state index contributed by atoms with van der Waals surface area (Å²) in [5.74, 6) is -0.279. The molecule has 0 radical (unpaired) electrons. The normalized spacial score (nSPS) is 11.1. The molecule has 0 heterocycles. The number of imide groups is 1. The van der Waals surface area contributed by atoms with Crippen molar-refractivity contribution in [3.05, 3.63) is 58.7 Å². The van der Waals surface area contributed by atoms with Gasteiger partial charge in [0.05, 0.1) is 41.6 Å². The summed E-state index contributed by atoms with van der Waals surface area (Å²) in [6, 6.07) is 13.1. The van der Waals surface area contributed by atoms with Crippen molar-refractivity contribution < 1.29 is 33.6 Å². The van der Waals surface area contributed by atoms with E-state index in [9.17, 15) is 25.2 Å². The van der Waals surface area contributed by atoms with E-state index in [0.717, 1.165) is 0 Å². The van der Waals surface area contributed by atoms with Gasteiger partial charge in [-0.2, -0.15) is 10.5 Å². The van der Waals surface area contributed by atoms with Crippen molar-refractivity contribution in [2.75, 3.05) is 41.6 Å². The zero-order valence-electron chi connectivity index (χ0n) is 20.3. The van der Waals surface area contributed by atoms with Crippen LogP contribution in [0.3, 0.4) is 0 Å². The van der Waals surface area contributed by atoms with E-state index in [1.165, 1.54) is 40.6 Å². The molecular weight excluding hydrogens is 466 g/mol. The Kier molecular flexibility index (Phi) is 10.0. The maximum absolute atomic E-state index is 13.1. The lowest BCUT2D eigenvalue weighted by molar-refractivity contribution is -0.140.